The average Bonchev–Trinajstić information content (AvgIpc) is 2.50. The molecule has 1 aliphatic rings. The number of hydrogen-bond acceptors (Lipinski definition) is 2. The highest BCUT2D eigenvalue weighted by Crippen LogP contribution is 2.32. The third-order valence-corrected chi connectivity index (χ3v) is 3.42. The summed E-state index contributed by atoms with van der Waals surface area (Å²) in [5.41, 5.74) is 5.66. The molecule has 4 heteroatoms. The van der Waals surface area contributed by atoms with E-state index in [0.717, 1.165) is 38.6 Å². The van der Waals surface area contributed by atoms with Crippen LogP contribution in [-0.2, 0) is 0 Å². The van der Waals surface area contributed by atoms with E-state index >= 15 is 0 Å². The van der Waals surface area contributed by atoms with Gasteiger partial charge in [0.25, 0.3) is 0 Å². The highest BCUT2D eigenvalue weighted by atomic mass is 16.2. The smallest absolute Gasteiger partial charge is 0.346 e. The molecular formula is C12H23N3O. The number of urea groups is 1. The second-order valence-electron chi connectivity index (χ2n) is 4.42. The normalized spacial score (nSPS) is 25.1. The number of amidine groups is 1. The first-order valence-electron chi connectivity index (χ1n) is 6.28. The Morgan fingerprint density at radius 3 is 2.50 bits per heavy atom. The first kappa shape index (κ1) is 13.0. The second kappa shape index (κ2) is 5.32. The molecule has 1 aliphatic heterocycles. The predicted molar refractivity (Wildman–Crippen MR) is 66.6 cm³/mol. The Morgan fingerprint density at radius 2 is 2.00 bits per heavy atom. The minimum atomic E-state index is -0.302. The largest absolute Gasteiger partial charge is 0.385 e. The van der Waals surface area contributed by atoms with Gasteiger partial charge in [0.15, 0.2) is 0 Å². The van der Waals surface area contributed by atoms with Gasteiger partial charge in [-0.15, -0.1) is 0 Å². The zero-order valence-corrected chi connectivity index (χ0v) is 10.6. The summed E-state index contributed by atoms with van der Waals surface area (Å²) in [6.07, 6.45) is 4.93. The number of carbonyl (C=O) groups is 1. The molecule has 1 atom stereocenters. The Morgan fingerprint density at radius 1 is 1.31 bits per heavy atom. The summed E-state index contributed by atoms with van der Waals surface area (Å²) in [7, 11) is 0. The maximum atomic E-state index is 11.8. The lowest BCUT2D eigenvalue weighted by molar-refractivity contribution is 0.160. The number of unbranched alkanes of at least 4 members (excludes halogenated alkanes) is 1. The summed E-state index contributed by atoms with van der Waals surface area (Å²) >= 11 is 0. The van der Waals surface area contributed by atoms with Gasteiger partial charge in [-0.25, -0.2) is 4.79 Å². The molecule has 92 valence electrons. The summed E-state index contributed by atoms with van der Waals surface area (Å²) in [6, 6.07) is -0.155. The molecule has 2 N–H and O–H groups in total. The van der Waals surface area contributed by atoms with Gasteiger partial charge in [-0.2, -0.15) is 4.99 Å². The second-order valence-corrected chi connectivity index (χ2v) is 4.42. The number of nitrogens with two attached hydrogens (primary N) is 1. The lowest BCUT2D eigenvalue weighted by Crippen LogP contribution is -2.54. The summed E-state index contributed by atoms with van der Waals surface area (Å²) < 4.78 is 0. The third-order valence-electron chi connectivity index (χ3n) is 3.42. The maximum absolute atomic E-state index is 11.8. The van der Waals surface area contributed by atoms with Crippen LogP contribution in [0.25, 0.3) is 0 Å². The molecule has 0 radical (unpaired) electrons. The number of aliphatic imine (C=N–C) groups is 1. The highest BCUT2D eigenvalue weighted by molar-refractivity contribution is 6.05. The fraction of sp³-hybridized carbons (Fsp3) is 0.833. The fourth-order valence-corrected chi connectivity index (χ4v) is 2.40. The molecule has 0 aromatic heterocycles. The number of nitrogens with zero attached hydrogens (tertiary/aromatic N) is 2. The van der Waals surface area contributed by atoms with E-state index in [1.165, 1.54) is 0 Å². The van der Waals surface area contributed by atoms with Crippen molar-refractivity contribution in [2.45, 2.75) is 58.4 Å². The standard InChI is InChI=1S/C12H23N3O/c1-4-7-8-12(6-3)10(13)14-11(16)15(12)9-5-2/h4-9H2,1-3H3,(H2,13,14,16). The molecule has 1 unspecified atom stereocenters. The van der Waals surface area contributed by atoms with Gasteiger partial charge in [-0.3, -0.25) is 0 Å². The fourth-order valence-electron chi connectivity index (χ4n) is 2.40. The molecule has 4 nitrogen and oxygen atoms in total. The van der Waals surface area contributed by atoms with E-state index in [4.69, 9.17) is 5.73 Å². The molecule has 2 amide bonds. The number of rotatable bonds is 6. The van der Waals surface area contributed by atoms with Crippen molar-refractivity contribution in [2.24, 2.45) is 10.7 Å². The lowest BCUT2D eigenvalue weighted by Gasteiger charge is -2.37. The van der Waals surface area contributed by atoms with Gasteiger partial charge in [0.05, 0.1) is 0 Å². The number of hydrogen-bond donors (Lipinski definition) is 1. The van der Waals surface area contributed by atoms with Crippen molar-refractivity contribution in [1.82, 2.24) is 4.90 Å². The van der Waals surface area contributed by atoms with Crippen molar-refractivity contribution in [3.05, 3.63) is 0 Å². The van der Waals surface area contributed by atoms with Crippen molar-refractivity contribution < 1.29 is 4.79 Å². The van der Waals surface area contributed by atoms with Crippen molar-refractivity contribution in [2.75, 3.05) is 6.54 Å². The first-order chi connectivity index (χ1) is 7.62. The van der Waals surface area contributed by atoms with Crippen LogP contribution in [0.1, 0.15) is 52.9 Å². The zero-order chi connectivity index (χ0) is 12.2. The molecule has 0 bridgehead atoms. The minimum absolute atomic E-state index is 0.155. The number of amides is 2. The molecule has 1 heterocycles. The van der Waals surface area contributed by atoms with Crippen LogP contribution < -0.4 is 5.73 Å². The van der Waals surface area contributed by atoms with E-state index in [1.54, 1.807) is 0 Å². The van der Waals surface area contributed by atoms with Crippen LogP contribution >= 0.6 is 0 Å². The summed E-state index contributed by atoms with van der Waals surface area (Å²) in [5, 5.41) is 0. The van der Waals surface area contributed by atoms with E-state index in [2.05, 4.69) is 25.8 Å². The Labute approximate surface area is 97.9 Å². The molecule has 0 aromatic carbocycles. The van der Waals surface area contributed by atoms with Crippen LogP contribution in [0.4, 0.5) is 4.79 Å². The molecule has 16 heavy (non-hydrogen) atoms. The molecule has 0 aliphatic carbocycles. The average molecular weight is 225 g/mol. The lowest BCUT2D eigenvalue weighted by atomic mass is 9.87. The van der Waals surface area contributed by atoms with Crippen LogP contribution in [0.5, 0.6) is 0 Å². The van der Waals surface area contributed by atoms with Crippen molar-refractivity contribution in [3.63, 3.8) is 0 Å². The van der Waals surface area contributed by atoms with Gasteiger partial charge in [-0.05, 0) is 19.3 Å². The molecule has 0 aromatic rings. The summed E-state index contributed by atoms with van der Waals surface area (Å²) in [6.45, 7) is 7.06. The van der Waals surface area contributed by atoms with E-state index < -0.39 is 0 Å². The molecular weight excluding hydrogens is 202 g/mol. The maximum Gasteiger partial charge on any atom is 0.346 e. The highest BCUT2D eigenvalue weighted by Gasteiger charge is 2.45. The van der Waals surface area contributed by atoms with E-state index in [9.17, 15) is 4.79 Å². The summed E-state index contributed by atoms with van der Waals surface area (Å²) in [5.74, 6) is 0.516. The zero-order valence-electron chi connectivity index (χ0n) is 10.6. The Bertz CT molecular complexity index is 288. The minimum Gasteiger partial charge on any atom is -0.385 e. The quantitative estimate of drug-likeness (QED) is 0.755. The molecule has 0 saturated heterocycles. The van der Waals surface area contributed by atoms with Crippen molar-refractivity contribution in [3.8, 4) is 0 Å². The van der Waals surface area contributed by atoms with Crippen molar-refractivity contribution >= 4 is 11.9 Å². The molecule has 0 saturated carbocycles. The van der Waals surface area contributed by atoms with E-state index in [0.29, 0.717) is 5.84 Å². The first-order valence-corrected chi connectivity index (χ1v) is 6.28. The summed E-state index contributed by atoms with van der Waals surface area (Å²) in [4.78, 5) is 17.6. The Kier molecular flexibility index (Phi) is 4.33. The molecule has 1 rings (SSSR count). The monoisotopic (exact) mass is 225 g/mol. The van der Waals surface area contributed by atoms with Crippen LogP contribution in [0.3, 0.4) is 0 Å². The third kappa shape index (κ3) is 2.06. The van der Waals surface area contributed by atoms with Crippen LogP contribution in [0.15, 0.2) is 4.99 Å². The van der Waals surface area contributed by atoms with Gasteiger partial charge in [0.2, 0.25) is 0 Å². The topological polar surface area (TPSA) is 58.7 Å². The van der Waals surface area contributed by atoms with E-state index in [-0.39, 0.29) is 11.6 Å². The van der Waals surface area contributed by atoms with Crippen LogP contribution in [0, 0.1) is 0 Å². The molecule has 0 fully saturated rings. The van der Waals surface area contributed by atoms with E-state index in [1.807, 2.05) is 4.90 Å². The van der Waals surface area contributed by atoms with Gasteiger partial charge in [0, 0.05) is 6.54 Å². The predicted octanol–water partition coefficient (Wildman–Crippen LogP) is 2.53. The Hall–Kier alpha value is -1.06. The van der Waals surface area contributed by atoms with Crippen LogP contribution in [-0.4, -0.2) is 28.9 Å². The van der Waals surface area contributed by atoms with Gasteiger partial charge < -0.3 is 10.6 Å². The van der Waals surface area contributed by atoms with Gasteiger partial charge in [0.1, 0.15) is 11.4 Å². The van der Waals surface area contributed by atoms with Crippen LogP contribution in [0.2, 0.25) is 0 Å². The number of carbonyl (C=O) groups excluding carboxylic acids is 1. The SMILES string of the molecule is CCCCC1(CC)C(N)=NC(=O)N1CCC. The van der Waals surface area contributed by atoms with Gasteiger partial charge >= 0.3 is 6.03 Å². The van der Waals surface area contributed by atoms with Gasteiger partial charge in [-0.1, -0.05) is 33.6 Å². The molecule has 0 spiro atoms. The Balaban J connectivity index is 2.92. The van der Waals surface area contributed by atoms with Crippen molar-refractivity contribution in [1.29, 1.82) is 0 Å².